The monoisotopic (exact) mass is 350 g/mol. The van der Waals surface area contributed by atoms with E-state index in [9.17, 15) is 4.39 Å². The number of halogens is 2. The summed E-state index contributed by atoms with van der Waals surface area (Å²) in [6.07, 6.45) is 0.724. The molecule has 0 aliphatic rings. The van der Waals surface area contributed by atoms with E-state index in [1.807, 2.05) is 31.3 Å². The highest BCUT2D eigenvalue weighted by Crippen LogP contribution is 2.20. The van der Waals surface area contributed by atoms with Gasteiger partial charge in [0.1, 0.15) is 5.82 Å². The van der Waals surface area contributed by atoms with Gasteiger partial charge in [0.15, 0.2) is 0 Å². The zero-order chi connectivity index (χ0) is 15.2. The second kappa shape index (κ2) is 7.69. The van der Waals surface area contributed by atoms with E-state index in [2.05, 4.69) is 26.9 Å². The smallest absolute Gasteiger partial charge is 0.127 e. The van der Waals surface area contributed by atoms with Gasteiger partial charge in [-0.3, -0.25) is 0 Å². The molecule has 112 valence electrons. The van der Waals surface area contributed by atoms with Crippen LogP contribution in [0.25, 0.3) is 0 Å². The van der Waals surface area contributed by atoms with Crippen LogP contribution in [-0.2, 0) is 6.54 Å². The molecule has 2 N–H and O–H groups in total. The summed E-state index contributed by atoms with van der Waals surface area (Å²) < 4.78 is 14.8. The summed E-state index contributed by atoms with van der Waals surface area (Å²) in [6, 6.07) is 14.6. The Morgan fingerprint density at radius 2 is 1.81 bits per heavy atom. The maximum absolute atomic E-state index is 13.7. The molecule has 1 atom stereocenters. The molecule has 0 bridgehead atoms. The van der Waals surface area contributed by atoms with Crippen LogP contribution >= 0.6 is 15.9 Å². The van der Waals surface area contributed by atoms with E-state index >= 15 is 0 Å². The second-order valence-electron chi connectivity index (χ2n) is 5.25. The summed E-state index contributed by atoms with van der Waals surface area (Å²) >= 11 is 3.55. The lowest BCUT2D eigenvalue weighted by Crippen LogP contribution is -2.24. The molecule has 1 unspecified atom stereocenters. The molecule has 0 aliphatic carbocycles. The molecule has 0 aliphatic heterocycles. The zero-order valence-electron chi connectivity index (χ0n) is 12.1. The standard InChI is InChI=1S/C17H20BrFN2/c1-21(12-13-6-2-4-8-15(13)18)11-10-17(20)14-7-3-5-9-16(14)19/h2-9,17H,10-12,20H2,1H3. The Hall–Kier alpha value is -1.23. The number of rotatable bonds is 6. The van der Waals surface area contributed by atoms with Gasteiger partial charge in [-0.25, -0.2) is 4.39 Å². The number of nitrogens with zero attached hydrogens (tertiary/aromatic N) is 1. The molecule has 0 heterocycles. The molecular weight excluding hydrogens is 331 g/mol. The molecule has 0 saturated heterocycles. The first-order valence-corrected chi connectivity index (χ1v) is 7.79. The van der Waals surface area contributed by atoms with Gasteiger partial charge in [-0.1, -0.05) is 52.3 Å². The van der Waals surface area contributed by atoms with E-state index in [0.29, 0.717) is 5.56 Å². The van der Waals surface area contributed by atoms with Crippen LogP contribution in [0.15, 0.2) is 53.0 Å². The molecule has 2 nitrogen and oxygen atoms in total. The maximum Gasteiger partial charge on any atom is 0.127 e. The van der Waals surface area contributed by atoms with E-state index in [-0.39, 0.29) is 11.9 Å². The first kappa shape index (κ1) is 16.1. The minimum atomic E-state index is -0.270. The number of hydrogen-bond acceptors (Lipinski definition) is 2. The Labute approximate surface area is 133 Å². The number of hydrogen-bond donors (Lipinski definition) is 1. The molecule has 0 spiro atoms. The SMILES string of the molecule is CN(CCC(N)c1ccccc1F)Cc1ccccc1Br. The Morgan fingerprint density at radius 1 is 1.14 bits per heavy atom. The van der Waals surface area contributed by atoms with Gasteiger partial charge in [-0.15, -0.1) is 0 Å². The van der Waals surface area contributed by atoms with Crippen molar-refractivity contribution in [3.8, 4) is 0 Å². The lowest BCUT2D eigenvalue weighted by atomic mass is 10.0. The topological polar surface area (TPSA) is 29.3 Å². The lowest BCUT2D eigenvalue weighted by Gasteiger charge is -2.20. The van der Waals surface area contributed by atoms with Crippen LogP contribution in [0.2, 0.25) is 0 Å². The van der Waals surface area contributed by atoms with E-state index in [1.54, 1.807) is 12.1 Å². The average Bonchev–Trinajstić information content (AvgIpc) is 2.48. The fourth-order valence-corrected chi connectivity index (χ4v) is 2.70. The summed E-state index contributed by atoms with van der Waals surface area (Å²) in [5.74, 6) is -0.224. The van der Waals surface area contributed by atoms with Crippen LogP contribution < -0.4 is 5.73 Å². The second-order valence-corrected chi connectivity index (χ2v) is 6.10. The van der Waals surface area contributed by atoms with Crippen molar-refractivity contribution in [2.24, 2.45) is 5.73 Å². The normalized spacial score (nSPS) is 12.6. The minimum Gasteiger partial charge on any atom is -0.324 e. The largest absolute Gasteiger partial charge is 0.324 e. The third-order valence-corrected chi connectivity index (χ3v) is 4.30. The van der Waals surface area contributed by atoms with Crippen LogP contribution in [0, 0.1) is 5.82 Å². The van der Waals surface area contributed by atoms with Crippen molar-refractivity contribution in [1.82, 2.24) is 4.90 Å². The van der Waals surface area contributed by atoms with Gasteiger partial charge >= 0.3 is 0 Å². The van der Waals surface area contributed by atoms with Gasteiger partial charge in [-0.2, -0.15) is 0 Å². The van der Waals surface area contributed by atoms with E-state index in [0.717, 1.165) is 24.0 Å². The first-order valence-electron chi connectivity index (χ1n) is 7.00. The van der Waals surface area contributed by atoms with Crippen LogP contribution in [0.3, 0.4) is 0 Å². The maximum atomic E-state index is 13.7. The first-order chi connectivity index (χ1) is 10.1. The highest BCUT2D eigenvalue weighted by molar-refractivity contribution is 9.10. The molecule has 2 aromatic carbocycles. The van der Waals surface area contributed by atoms with Gasteiger partial charge in [-0.05, 0) is 37.7 Å². The van der Waals surface area contributed by atoms with Gasteiger partial charge in [0.05, 0.1) is 0 Å². The molecule has 0 fully saturated rings. The number of nitrogens with two attached hydrogens (primary N) is 1. The van der Waals surface area contributed by atoms with Gasteiger partial charge < -0.3 is 10.6 Å². The van der Waals surface area contributed by atoms with Crippen LogP contribution in [0.5, 0.6) is 0 Å². The molecule has 2 aromatic rings. The summed E-state index contributed by atoms with van der Waals surface area (Å²) in [7, 11) is 2.05. The predicted octanol–water partition coefficient (Wildman–Crippen LogP) is 4.11. The van der Waals surface area contributed by atoms with Crippen molar-refractivity contribution in [3.05, 3.63) is 69.9 Å². The molecule has 21 heavy (non-hydrogen) atoms. The third-order valence-electron chi connectivity index (χ3n) is 3.52. The molecular formula is C17H20BrFN2. The van der Waals surface area contributed by atoms with Gasteiger partial charge in [0, 0.05) is 22.6 Å². The highest BCUT2D eigenvalue weighted by atomic mass is 79.9. The van der Waals surface area contributed by atoms with Crippen molar-refractivity contribution >= 4 is 15.9 Å². The minimum absolute atomic E-state index is 0.224. The number of benzene rings is 2. The Bertz CT molecular complexity index is 589. The van der Waals surface area contributed by atoms with Crippen LogP contribution in [0.4, 0.5) is 4.39 Å². The fraction of sp³-hybridized carbons (Fsp3) is 0.294. The van der Waals surface area contributed by atoms with Gasteiger partial charge in [0.25, 0.3) is 0 Å². The Kier molecular flexibility index (Phi) is 5.91. The highest BCUT2D eigenvalue weighted by Gasteiger charge is 2.12. The van der Waals surface area contributed by atoms with E-state index in [1.165, 1.54) is 11.6 Å². The molecule has 0 amide bonds. The van der Waals surface area contributed by atoms with Crippen molar-refractivity contribution in [3.63, 3.8) is 0 Å². The Balaban J connectivity index is 1.88. The van der Waals surface area contributed by atoms with Crippen molar-refractivity contribution in [1.29, 1.82) is 0 Å². The van der Waals surface area contributed by atoms with E-state index < -0.39 is 0 Å². The van der Waals surface area contributed by atoms with Gasteiger partial charge in [0.2, 0.25) is 0 Å². The zero-order valence-corrected chi connectivity index (χ0v) is 13.7. The van der Waals surface area contributed by atoms with Crippen LogP contribution in [0.1, 0.15) is 23.6 Å². The van der Waals surface area contributed by atoms with Crippen molar-refractivity contribution in [2.75, 3.05) is 13.6 Å². The van der Waals surface area contributed by atoms with E-state index in [4.69, 9.17) is 5.73 Å². The summed E-state index contributed by atoms with van der Waals surface area (Å²) in [4.78, 5) is 2.20. The predicted molar refractivity (Wildman–Crippen MR) is 88.4 cm³/mol. The molecule has 0 saturated carbocycles. The summed E-state index contributed by atoms with van der Waals surface area (Å²) in [5, 5.41) is 0. The quantitative estimate of drug-likeness (QED) is 0.849. The Morgan fingerprint density at radius 3 is 2.52 bits per heavy atom. The average molecular weight is 351 g/mol. The lowest BCUT2D eigenvalue weighted by molar-refractivity contribution is 0.310. The molecule has 0 radical (unpaired) electrons. The summed E-state index contributed by atoms with van der Waals surface area (Å²) in [5.41, 5.74) is 7.92. The molecule has 0 aromatic heterocycles. The molecule has 4 heteroatoms. The fourth-order valence-electron chi connectivity index (χ4n) is 2.29. The summed E-state index contributed by atoms with van der Waals surface area (Å²) in [6.45, 7) is 1.66. The third kappa shape index (κ3) is 4.63. The van der Waals surface area contributed by atoms with Crippen LogP contribution in [-0.4, -0.2) is 18.5 Å². The molecule has 2 rings (SSSR count). The van der Waals surface area contributed by atoms with Crippen molar-refractivity contribution < 1.29 is 4.39 Å². The van der Waals surface area contributed by atoms with Crippen molar-refractivity contribution in [2.45, 2.75) is 19.0 Å².